The number of hydrogen-bond acceptors (Lipinski definition) is 3. The second kappa shape index (κ2) is 5.77. The van der Waals surface area contributed by atoms with E-state index in [2.05, 4.69) is 37.5 Å². The van der Waals surface area contributed by atoms with Crippen molar-refractivity contribution in [3.8, 4) is 0 Å². The first-order valence-electron chi connectivity index (χ1n) is 3.48. The number of rotatable bonds is 4. The summed E-state index contributed by atoms with van der Waals surface area (Å²) in [4.78, 5) is 10.5. The van der Waals surface area contributed by atoms with Crippen molar-refractivity contribution in [3.05, 3.63) is 6.92 Å². The van der Waals surface area contributed by atoms with Crippen molar-refractivity contribution in [2.24, 2.45) is 0 Å². The van der Waals surface area contributed by atoms with Gasteiger partial charge in [-0.3, -0.25) is 4.79 Å². The van der Waals surface area contributed by atoms with Crippen LogP contribution in [0.3, 0.4) is 0 Å². The van der Waals surface area contributed by atoms with Gasteiger partial charge in [-0.25, -0.2) is 0 Å². The SMILES string of the molecule is [CH2]C(CCC(S)S)NC(C)=O. The number of hydrogen-bond donors (Lipinski definition) is 3. The minimum absolute atomic E-state index is 0.0192. The van der Waals surface area contributed by atoms with Crippen LogP contribution >= 0.6 is 25.3 Å². The second-order valence-electron chi connectivity index (χ2n) is 2.46. The van der Waals surface area contributed by atoms with Gasteiger partial charge in [-0.05, 0) is 19.8 Å². The highest BCUT2D eigenvalue weighted by molar-refractivity contribution is 7.99. The van der Waals surface area contributed by atoms with Gasteiger partial charge in [0.15, 0.2) is 0 Å². The zero-order valence-electron chi connectivity index (χ0n) is 6.58. The van der Waals surface area contributed by atoms with Gasteiger partial charge < -0.3 is 5.32 Å². The van der Waals surface area contributed by atoms with Crippen LogP contribution in [-0.2, 0) is 4.79 Å². The Bertz CT molecular complexity index is 128. The molecule has 0 aromatic carbocycles. The van der Waals surface area contributed by atoms with Crippen molar-refractivity contribution in [2.45, 2.75) is 30.4 Å². The van der Waals surface area contributed by atoms with Crippen molar-refractivity contribution < 1.29 is 4.79 Å². The smallest absolute Gasteiger partial charge is 0.217 e. The first-order valence-corrected chi connectivity index (χ1v) is 4.52. The third-order valence-corrected chi connectivity index (χ3v) is 1.70. The van der Waals surface area contributed by atoms with E-state index in [4.69, 9.17) is 0 Å². The lowest BCUT2D eigenvalue weighted by molar-refractivity contribution is -0.119. The van der Waals surface area contributed by atoms with Gasteiger partial charge in [-0.1, -0.05) is 0 Å². The summed E-state index contributed by atoms with van der Waals surface area (Å²) >= 11 is 8.17. The van der Waals surface area contributed by atoms with Crippen molar-refractivity contribution >= 4 is 31.2 Å². The Morgan fingerprint density at radius 3 is 2.45 bits per heavy atom. The molecule has 0 fully saturated rings. The molecule has 1 N–H and O–H groups in total. The summed E-state index contributed by atoms with van der Waals surface area (Å²) in [5.41, 5.74) is 0. The highest BCUT2D eigenvalue weighted by Crippen LogP contribution is 2.09. The molecular formula is C7H14NOS2. The van der Waals surface area contributed by atoms with Gasteiger partial charge in [0.2, 0.25) is 5.91 Å². The Morgan fingerprint density at radius 2 is 2.09 bits per heavy atom. The molecule has 0 spiro atoms. The van der Waals surface area contributed by atoms with Crippen molar-refractivity contribution in [1.82, 2.24) is 5.32 Å². The van der Waals surface area contributed by atoms with Gasteiger partial charge in [0, 0.05) is 17.5 Å². The summed E-state index contributed by atoms with van der Waals surface area (Å²) in [6.45, 7) is 5.23. The van der Waals surface area contributed by atoms with Crippen molar-refractivity contribution in [2.75, 3.05) is 0 Å². The average Bonchev–Trinajstić information content (AvgIpc) is 1.82. The Labute approximate surface area is 79.0 Å². The lowest BCUT2D eigenvalue weighted by Crippen LogP contribution is -2.30. The second-order valence-corrected chi connectivity index (χ2v) is 4.11. The minimum Gasteiger partial charge on any atom is -0.354 e. The lowest BCUT2D eigenvalue weighted by atomic mass is 10.2. The van der Waals surface area contributed by atoms with Gasteiger partial charge in [0.1, 0.15) is 0 Å². The maximum atomic E-state index is 10.5. The van der Waals surface area contributed by atoms with Crippen LogP contribution in [0.25, 0.3) is 0 Å². The molecule has 0 bridgehead atoms. The summed E-state index contributed by atoms with van der Waals surface area (Å²) in [6.07, 6.45) is 1.66. The van der Waals surface area contributed by atoms with E-state index in [0.29, 0.717) is 0 Å². The van der Waals surface area contributed by atoms with Crippen LogP contribution in [0.2, 0.25) is 0 Å². The van der Waals surface area contributed by atoms with Crippen LogP contribution in [0.4, 0.5) is 0 Å². The molecule has 0 aliphatic carbocycles. The van der Waals surface area contributed by atoms with Crippen LogP contribution in [0.5, 0.6) is 0 Å². The van der Waals surface area contributed by atoms with Gasteiger partial charge in [0.05, 0.1) is 0 Å². The van der Waals surface area contributed by atoms with Gasteiger partial charge >= 0.3 is 0 Å². The van der Waals surface area contributed by atoms with Gasteiger partial charge in [-0.15, -0.1) is 0 Å². The number of nitrogens with one attached hydrogen (secondary N) is 1. The maximum absolute atomic E-state index is 10.5. The molecule has 1 radical (unpaired) electrons. The molecule has 0 aromatic heterocycles. The fourth-order valence-corrected chi connectivity index (χ4v) is 1.01. The Hall–Kier alpha value is 0.170. The van der Waals surface area contributed by atoms with Crippen LogP contribution in [0, 0.1) is 6.92 Å². The topological polar surface area (TPSA) is 29.1 Å². The predicted molar refractivity (Wildman–Crippen MR) is 54.0 cm³/mol. The molecule has 1 amide bonds. The third-order valence-electron chi connectivity index (χ3n) is 1.18. The fourth-order valence-electron chi connectivity index (χ4n) is 0.710. The van der Waals surface area contributed by atoms with Crippen LogP contribution in [0.1, 0.15) is 19.8 Å². The first-order chi connectivity index (χ1) is 5.02. The standard InChI is InChI=1S/C7H14NOS2/c1-5(8-6(2)9)3-4-7(10)11/h5,7,10-11H,1,3-4H2,2H3,(H,8,9). The molecule has 0 rings (SSSR count). The zero-order valence-corrected chi connectivity index (χ0v) is 8.37. The minimum atomic E-state index is -0.0418. The number of thiol groups is 2. The zero-order chi connectivity index (χ0) is 8.85. The summed E-state index contributed by atoms with van der Waals surface area (Å²) in [5.74, 6) is -0.0418. The van der Waals surface area contributed by atoms with Crippen molar-refractivity contribution in [3.63, 3.8) is 0 Å². The van der Waals surface area contributed by atoms with E-state index in [1.807, 2.05) is 0 Å². The van der Waals surface area contributed by atoms with E-state index in [0.717, 1.165) is 12.8 Å². The first kappa shape index (κ1) is 11.2. The molecule has 0 saturated heterocycles. The molecule has 0 aliphatic rings. The quantitative estimate of drug-likeness (QED) is 0.455. The number of amides is 1. The monoisotopic (exact) mass is 192 g/mol. The van der Waals surface area contributed by atoms with E-state index in [1.54, 1.807) is 0 Å². The molecule has 11 heavy (non-hydrogen) atoms. The van der Waals surface area contributed by atoms with Gasteiger partial charge in [0.25, 0.3) is 0 Å². The third kappa shape index (κ3) is 8.07. The molecule has 0 saturated carbocycles. The molecule has 0 aromatic rings. The lowest BCUT2D eigenvalue weighted by Gasteiger charge is -2.12. The molecule has 0 heterocycles. The van der Waals surface area contributed by atoms with E-state index >= 15 is 0 Å². The summed E-state index contributed by atoms with van der Waals surface area (Å²) in [7, 11) is 0. The molecule has 0 aliphatic heterocycles. The molecule has 2 nitrogen and oxygen atoms in total. The Morgan fingerprint density at radius 1 is 1.55 bits per heavy atom. The molecule has 4 heteroatoms. The molecule has 65 valence electrons. The normalized spacial score (nSPS) is 13.2. The largest absolute Gasteiger partial charge is 0.354 e. The summed E-state index contributed by atoms with van der Waals surface area (Å²) < 4.78 is 0.0769. The number of carbonyl (C=O) groups is 1. The van der Waals surface area contributed by atoms with Gasteiger partial charge in [-0.2, -0.15) is 25.3 Å². The number of carbonyl (C=O) groups excluding carboxylic acids is 1. The Kier molecular flexibility index (Phi) is 5.86. The molecule has 1 atom stereocenters. The van der Waals surface area contributed by atoms with Crippen LogP contribution in [0.15, 0.2) is 0 Å². The fraction of sp³-hybridized carbons (Fsp3) is 0.714. The Balaban J connectivity index is 3.37. The highest BCUT2D eigenvalue weighted by Gasteiger charge is 2.04. The van der Waals surface area contributed by atoms with Crippen LogP contribution < -0.4 is 5.32 Å². The maximum Gasteiger partial charge on any atom is 0.217 e. The predicted octanol–water partition coefficient (Wildman–Crippen LogP) is 1.29. The summed E-state index contributed by atoms with van der Waals surface area (Å²) in [5, 5.41) is 2.68. The van der Waals surface area contributed by atoms with E-state index in [-0.39, 0.29) is 16.5 Å². The molecule has 1 unspecified atom stereocenters. The highest BCUT2D eigenvalue weighted by atomic mass is 32.2. The van der Waals surface area contributed by atoms with E-state index in [1.165, 1.54) is 6.92 Å². The van der Waals surface area contributed by atoms with E-state index in [9.17, 15) is 4.79 Å². The average molecular weight is 192 g/mol. The van der Waals surface area contributed by atoms with Crippen LogP contribution in [-0.4, -0.2) is 16.5 Å². The van der Waals surface area contributed by atoms with E-state index < -0.39 is 0 Å². The summed E-state index contributed by atoms with van der Waals surface area (Å²) in [6, 6.07) is -0.0192. The van der Waals surface area contributed by atoms with Crippen molar-refractivity contribution in [1.29, 1.82) is 0 Å². The molecular weight excluding hydrogens is 178 g/mol.